The van der Waals surface area contributed by atoms with Crippen molar-refractivity contribution in [3.63, 3.8) is 0 Å². The lowest BCUT2D eigenvalue weighted by molar-refractivity contribution is -0.0528. The Morgan fingerprint density at radius 1 is 1.11 bits per heavy atom. The largest absolute Gasteiger partial charge is 0.356 e. The van der Waals surface area contributed by atoms with Crippen LogP contribution < -0.4 is 0 Å². The third-order valence-electron chi connectivity index (χ3n) is 2.97. The van der Waals surface area contributed by atoms with Gasteiger partial charge in [0.2, 0.25) is 0 Å². The Bertz CT molecular complexity index is 359. The summed E-state index contributed by atoms with van der Waals surface area (Å²) in [5.41, 5.74) is 1.30. The Morgan fingerprint density at radius 2 is 1.74 bits per heavy atom. The van der Waals surface area contributed by atoms with Crippen molar-refractivity contribution in [2.75, 3.05) is 20.0 Å². The average Bonchev–Trinajstić information content (AvgIpc) is 2.33. The fraction of sp³-hybridized carbons (Fsp3) is 0.600. The summed E-state index contributed by atoms with van der Waals surface area (Å²) in [5.74, 6) is 0.397. The molecular weight excluding hydrogens is 320 g/mol. The van der Waals surface area contributed by atoms with Crippen molar-refractivity contribution in [3.05, 3.63) is 34.3 Å². The fourth-order valence-corrected chi connectivity index (χ4v) is 2.63. The van der Waals surface area contributed by atoms with Gasteiger partial charge in [0.1, 0.15) is 6.79 Å². The number of benzene rings is 1. The first kappa shape index (κ1) is 16.9. The van der Waals surface area contributed by atoms with Crippen molar-refractivity contribution in [1.82, 2.24) is 0 Å². The molecule has 0 radical (unpaired) electrons. The zero-order chi connectivity index (χ0) is 14.3. The molecule has 0 heterocycles. The van der Waals surface area contributed by atoms with Crippen LogP contribution in [-0.4, -0.2) is 28.1 Å². The van der Waals surface area contributed by atoms with Crippen LogP contribution in [0, 0.1) is 0 Å². The third kappa shape index (κ3) is 7.87. The Labute approximate surface area is 126 Å². The minimum absolute atomic E-state index is 0.397. The molecule has 0 fully saturated rings. The Hall–Kier alpha value is -0.163. The fourth-order valence-electron chi connectivity index (χ4n) is 1.61. The van der Waals surface area contributed by atoms with Crippen molar-refractivity contribution >= 4 is 24.0 Å². The highest BCUT2D eigenvalue weighted by Gasteiger charge is 2.12. The first-order chi connectivity index (χ1) is 8.88. The SMILES string of the molecule is C[C@@H](COCOCC[Si](C)(C)C)c1ccc(Br)cc1. The third-order valence-corrected chi connectivity index (χ3v) is 5.20. The lowest BCUT2D eigenvalue weighted by Gasteiger charge is -2.16. The number of hydrogen-bond acceptors (Lipinski definition) is 2. The molecule has 1 atom stereocenters. The lowest BCUT2D eigenvalue weighted by Crippen LogP contribution is -2.22. The molecular formula is C15H25BrO2Si. The van der Waals surface area contributed by atoms with Crippen molar-refractivity contribution in [2.24, 2.45) is 0 Å². The summed E-state index contributed by atoms with van der Waals surface area (Å²) in [6.07, 6.45) is 0. The van der Waals surface area contributed by atoms with Crippen LogP contribution >= 0.6 is 15.9 Å². The van der Waals surface area contributed by atoms with Crippen LogP contribution in [-0.2, 0) is 9.47 Å². The second-order valence-electron chi connectivity index (χ2n) is 6.16. The summed E-state index contributed by atoms with van der Waals surface area (Å²) in [4.78, 5) is 0. The van der Waals surface area contributed by atoms with Crippen LogP contribution in [0.5, 0.6) is 0 Å². The maximum Gasteiger partial charge on any atom is 0.146 e. The Morgan fingerprint density at radius 3 is 2.32 bits per heavy atom. The van der Waals surface area contributed by atoms with Crippen LogP contribution in [0.3, 0.4) is 0 Å². The highest BCUT2D eigenvalue weighted by Crippen LogP contribution is 2.18. The topological polar surface area (TPSA) is 18.5 Å². The second kappa shape index (κ2) is 8.20. The van der Waals surface area contributed by atoms with Gasteiger partial charge in [-0.15, -0.1) is 0 Å². The van der Waals surface area contributed by atoms with Gasteiger partial charge in [-0.05, 0) is 23.7 Å². The van der Waals surface area contributed by atoms with E-state index in [4.69, 9.17) is 9.47 Å². The zero-order valence-corrected chi connectivity index (χ0v) is 15.0. The van der Waals surface area contributed by atoms with Crippen LogP contribution in [0.15, 0.2) is 28.7 Å². The number of hydrogen-bond donors (Lipinski definition) is 0. The van der Waals surface area contributed by atoms with Gasteiger partial charge >= 0.3 is 0 Å². The first-order valence-corrected chi connectivity index (χ1v) is 11.3. The van der Waals surface area contributed by atoms with E-state index in [2.05, 4.69) is 66.8 Å². The van der Waals surface area contributed by atoms with Crippen molar-refractivity contribution < 1.29 is 9.47 Å². The van der Waals surface area contributed by atoms with Gasteiger partial charge in [0.25, 0.3) is 0 Å². The standard InChI is InChI=1S/C15H25BrO2Si/c1-13(14-5-7-15(16)8-6-14)11-18-12-17-9-10-19(2,3)4/h5-8,13H,9-12H2,1-4H3/t13-/m0/s1. The van der Waals surface area contributed by atoms with Crippen molar-refractivity contribution in [3.8, 4) is 0 Å². The highest BCUT2D eigenvalue weighted by atomic mass is 79.9. The molecule has 0 N–H and O–H groups in total. The molecule has 0 saturated heterocycles. The van der Waals surface area contributed by atoms with E-state index in [1.165, 1.54) is 11.6 Å². The van der Waals surface area contributed by atoms with Gasteiger partial charge in [-0.2, -0.15) is 0 Å². The predicted molar refractivity (Wildman–Crippen MR) is 87.5 cm³/mol. The molecule has 0 aliphatic carbocycles. The predicted octanol–water partition coefficient (Wildman–Crippen LogP) is 4.88. The molecule has 1 rings (SSSR count). The van der Waals surface area contributed by atoms with Crippen LogP contribution in [0.2, 0.25) is 25.7 Å². The van der Waals surface area contributed by atoms with E-state index in [-0.39, 0.29) is 0 Å². The summed E-state index contributed by atoms with van der Waals surface area (Å²) >= 11 is 3.44. The summed E-state index contributed by atoms with van der Waals surface area (Å²) in [6.45, 7) is 11.2. The number of rotatable bonds is 8. The molecule has 0 saturated carbocycles. The number of ether oxygens (including phenoxy) is 2. The van der Waals surface area contributed by atoms with E-state index in [9.17, 15) is 0 Å². The molecule has 0 unspecified atom stereocenters. The van der Waals surface area contributed by atoms with Crippen molar-refractivity contribution in [2.45, 2.75) is 38.5 Å². The molecule has 0 bridgehead atoms. The van der Waals surface area contributed by atoms with Crippen molar-refractivity contribution in [1.29, 1.82) is 0 Å². The molecule has 0 amide bonds. The monoisotopic (exact) mass is 344 g/mol. The molecule has 0 spiro atoms. The summed E-state index contributed by atoms with van der Waals surface area (Å²) in [7, 11) is -0.982. The zero-order valence-electron chi connectivity index (χ0n) is 12.4. The quantitative estimate of drug-likeness (QED) is 0.380. The minimum atomic E-state index is -0.982. The van der Waals surface area contributed by atoms with E-state index < -0.39 is 8.07 Å². The molecule has 19 heavy (non-hydrogen) atoms. The molecule has 2 nitrogen and oxygen atoms in total. The van der Waals surface area contributed by atoms with E-state index in [1.54, 1.807) is 0 Å². The van der Waals surface area contributed by atoms with Gasteiger partial charge in [0.15, 0.2) is 0 Å². The van der Waals surface area contributed by atoms with Gasteiger partial charge in [-0.3, -0.25) is 0 Å². The number of halogens is 1. The van der Waals surface area contributed by atoms with Gasteiger partial charge in [-0.25, -0.2) is 0 Å². The van der Waals surface area contributed by atoms with E-state index in [0.29, 0.717) is 19.3 Å². The van der Waals surface area contributed by atoms with Gasteiger partial charge in [0.05, 0.1) is 6.61 Å². The molecule has 108 valence electrons. The maximum absolute atomic E-state index is 5.58. The second-order valence-corrected chi connectivity index (χ2v) is 12.7. The Balaban J connectivity index is 2.14. The lowest BCUT2D eigenvalue weighted by atomic mass is 10.0. The first-order valence-electron chi connectivity index (χ1n) is 6.79. The normalized spacial score (nSPS) is 13.5. The van der Waals surface area contributed by atoms with E-state index >= 15 is 0 Å². The summed E-state index contributed by atoms with van der Waals surface area (Å²) in [5, 5.41) is 0. The molecule has 1 aromatic carbocycles. The van der Waals surface area contributed by atoms with Crippen LogP contribution in [0.1, 0.15) is 18.4 Å². The van der Waals surface area contributed by atoms with Crippen LogP contribution in [0.25, 0.3) is 0 Å². The Kier molecular flexibility index (Phi) is 7.29. The van der Waals surface area contributed by atoms with E-state index in [0.717, 1.165) is 11.1 Å². The van der Waals surface area contributed by atoms with E-state index in [1.807, 2.05) is 0 Å². The summed E-state index contributed by atoms with van der Waals surface area (Å²) in [6, 6.07) is 9.58. The molecule has 0 aliphatic rings. The summed E-state index contributed by atoms with van der Waals surface area (Å²) < 4.78 is 12.2. The molecule has 4 heteroatoms. The maximum atomic E-state index is 5.58. The average molecular weight is 345 g/mol. The minimum Gasteiger partial charge on any atom is -0.356 e. The molecule has 1 aromatic rings. The highest BCUT2D eigenvalue weighted by molar-refractivity contribution is 9.10. The van der Waals surface area contributed by atoms with Gasteiger partial charge < -0.3 is 9.47 Å². The van der Waals surface area contributed by atoms with Gasteiger partial charge in [0, 0.05) is 25.1 Å². The smallest absolute Gasteiger partial charge is 0.146 e. The molecule has 0 aromatic heterocycles. The van der Waals surface area contributed by atoms with Crippen LogP contribution in [0.4, 0.5) is 0 Å². The molecule has 0 aliphatic heterocycles. The van der Waals surface area contributed by atoms with Gasteiger partial charge in [-0.1, -0.05) is 54.6 Å².